The summed E-state index contributed by atoms with van der Waals surface area (Å²) >= 11 is 0. The number of hydrogen-bond acceptors (Lipinski definition) is 3. The zero-order chi connectivity index (χ0) is 15.2. The van der Waals surface area contributed by atoms with Crippen LogP contribution in [0.2, 0.25) is 0 Å². The van der Waals surface area contributed by atoms with Crippen LogP contribution in [0.15, 0.2) is 54.6 Å². The number of nitrogens with one attached hydrogen (secondary N) is 1. The molecule has 0 aromatic heterocycles. The summed E-state index contributed by atoms with van der Waals surface area (Å²) < 4.78 is 5.55. The molecule has 1 amide bonds. The third-order valence-electron chi connectivity index (χ3n) is 2.93. The highest BCUT2D eigenvalue weighted by Crippen LogP contribution is 2.18. The van der Waals surface area contributed by atoms with Gasteiger partial charge in [0.25, 0.3) is 0 Å². The van der Waals surface area contributed by atoms with Crippen LogP contribution >= 0.6 is 0 Å². The third-order valence-corrected chi connectivity index (χ3v) is 2.93. The van der Waals surface area contributed by atoms with Crippen LogP contribution in [0, 0.1) is 0 Å². The molecule has 21 heavy (non-hydrogen) atoms. The molecule has 2 aromatic carbocycles. The molecule has 0 aliphatic heterocycles. The van der Waals surface area contributed by atoms with Gasteiger partial charge in [-0.1, -0.05) is 30.3 Å². The quantitative estimate of drug-likeness (QED) is 0.886. The second-order valence-electron chi connectivity index (χ2n) is 5.07. The number of rotatable bonds is 5. The number of carbonyl (C=O) groups is 1. The molecule has 0 fully saturated rings. The normalized spacial score (nSPS) is 12.0. The number of benzene rings is 2. The molecule has 0 unspecified atom stereocenters. The molecular weight excluding hydrogens is 264 g/mol. The highest BCUT2D eigenvalue weighted by atomic mass is 16.5. The number of hydrogen-bond donors (Lipinski definition) is 2. The lowest BCUT2D eigenvalue weighted by Gasteiger charge is -2.13. The van der Waals surface area contributed by atoms with Crippen LogP contribution in [0.1, 0.15) is 25.5 Å². The lowest BCUT2D eigenvalue weighted by atomic mass is 10.1. The second kappa shape index (κ2) is 6.90. The van der Waals surface area contributed by atoms with Gasteiger partial charge in [0, 0.05) is 5.69 Å². The molecule has 3 N–H and O–H groups in total. The first-order valence-electron chi connectivity index (χ1n) is 6.94. The van der Waals surface area contributed by atoms with Crippen LogP contribution in [-0.4, -0.2) is 12.0 Å². The summed E-state index contributed by atoms with van der Waals surface area (Å²) in [4.78, 5) is 12.1. The SMILES string of the molecule is CC(C)Oc1ccc(NC(=O)[C@H](N)c2ccccc2)cc1. The van der Waals surface area contributed by atoms with Crippen molar-refractivity contribution in [1.29, 1.82) is 0 Å². The molecule has 0 saturated heterocycles. The lowest BCUT2D eigenvalue weighted by molar-refractivity contribution is -0.117. The van der Waals surface area contributed by atoms with Crippen molar-refractivity contribution >= 4 is 11.6 Å². The van der Waals surface area contributed by atoms with Crippen molar-refractivity contribution in [3.05, 3.63) is 60.2 Å². The largest absolute Gasteiger partial charge is 0.491 e. The van der Waals surface area contributed by atoms with Crippen LogP contribution in [0.4, 0.5) is 5.69 Å². The number of carbonyl (C=O) groups excluding carboxylic acids is 1. The van der Waals surface area contributed by atoms with E-state index in [1.807, 2.05) is 56.3 Å². The first kappa shape index (κ1) is 15.1. The van der Waals surface area contributed by atoms with Gasteiger partial charge in [-0.25, -0.2) is 0 Å². The average Bonchev–Trinajstić information content (AvgIpc) is 2.49. The third kappa shape index (κ3) is 4.33. The zero-order valence-electron chi connectivity index (χ0n) is 12.2. The maximum absolute atomic E-state index is 12.1. The molecule has 0 heterocycles. The van der Waals surface area contributed by atoms with E-state index in [0.29, 0.717) is 5.69 Å². The van der Waals surface area contributed by atoms with Crippen molar-refractivity contribution in [2.24, 2.45) is 5.73 Å². The van der Waals surface area contributed by atoms with Crippen molar-refractivity contribution in [3.8, 4) is 5.75 Å². The predicted molar refractivity (Wildman–Crippen MR) is 84.2 cm³/mol. The molecular formula is C17H20N2O2. The first-order valence-corrected chi connectivity index (χ1v) is 6.94. The fraction of sp³-hybridized carbons (Fsp3) is 0.235. The van der Waals surface area contributed by atoms with Crippen LogP contribution in [-0.2, 0) is 4.79 Å². The second-order valence-corrected chi connectivity index (χ2v) is 5.07. The Kier molecular flexibility index (Phi) is 4.95. The smallest absolute Gasteiger partial charge is 0.245 e. The van der Waals surface area contributed by atoms with Gasteiger partial charge in [-0.05, 0) is 43.7 Å². The first-order chi connectivity index (χ1) is 10.1. The molecule has 110 valence electrons. The van der Waals surface area contributed by atoms with Gasteiger partial charge in [0.15, 0.2) is 0 Å². The molecule has 2 aromatic rings. The summed E-state index contributed by atoms with van der Waals surface area (Å²) in [6.45, 7) is 3.93. The molecule has 0 aliphatic rings. The molecule has 4 nitrogen and oxygen atoms in total. The van der Waals surface area contributed by atoms with E-state index in [9.17, 15) is 4.79 Å². The van der Waals surface area contributed by atoms with E-state index in [-0.39, 0.29) is 12.0 Å². The van der Waals surface area contributed by atoms with Crippen LogP contribution < -0.4 is 15.8 Å². The minimum absolute atomic E-state index is 0.122. The van der Waals surface area contributed by atoms with E-state index in [1.54, 1.807) is 12.1 Å². The van der Waals surface area contributed by atoms with Gasteiger partial charge in [-0.15, -0.1) is 0 Å². The Labute approximate surface area is 124 Å². The summed E-state index contributed by atoms with van der Waals surface area (Å²) in [6, 6.07) is 15.8. The monoisotopic (exact) mass is 284 g/mol. The summed E-state index contributed by atoms with van der Waals surface area (Å²) in [5.74, 6) is 0.536. The molecule has 0 saturated carbocycles. The topological polar surface area (TPSA) is 64.3 Å². The Bertz CT molecular complexity index is 579. The van der Waals surface area contributed by atoms with Gasteiger partial charge < -0.3 is 15.8 Å². The molecule has 0 radical (unpaired) electrons. The van der Waals surface area contributed by atoms with Crippen molar-refractivity contribution in [2.75, 3.05) is 5.32 Å². The van der Waals surface area contributed by atoms with Gasteiger partial charge in [0.2, 0.25) is 5.91 Å². The Morgan fingerprint density at radius 2 is 1.67 bits per heavy atom. The van der Waals surface area contributed by atoms with E-state index in [2.05, 4.69) is 5.32 Å². The molecule has 2 rings (SSSR count). The Morgan fingerprint density at radius 1 is 1.05 bits per heavy atom. The van der Waals surface area contributed by atoms with Crippen LogP contribution in [0.25, 0.3) is 0 Å². The Morgan fingerprint density at radius 3 is 2.24 bits per heavy atom. The fourth-order valence-corrected chi connectivity index (χ4v) is 1.92. The standard InChI is InChI=1S/C17H20N2O2/c1-12(2)21-15-10-8-14(9-11-15)19-17(20)16(18)13-6-4-3-5-7-13/h3-12,16H,18H2,1-2H3,(H,19,20)/t16-/m1/s1. The van der Waals surface area contributed by atoms with Crippen molar-refractivity contribution in [1.82, 2.24) is 0 Å². The van der Waals surface area contributed by atoms with E-state index in [4.69, 9.17) is 10.5 Å². The maximum atomic E-state index is 12.1. The Hall–Kier alpha value is -2.33. The Balaban J connectivity index is 1.99. The number of ether oxygens (including phenoxy) is 1. The van der Waals surface area contributed by atoms with Gasteiger partial charge in [0.1, 0.15) is 11.8 Å². The highest BCUT2D eigenvalue weighted by Gasteiger charge is 2.15. The summed E-state index contributed by atoms with van der Waals surface area (Å²) in [6.07, 6.45) is 0.122. The predicted octanol–water partition coefficient (Wildman–Crippen LogP) is 3.11. The van der Waals surface area contributed by atoms with Gasteiger partial charge in [-0.3, -0.25) is 4.79 Å². The van der Waals surface area contributed by atoms with Crippen molar-refractivity contribution in [3.63, 3.8) is 0 Å². The summed E-state index contributed by atoms with van der Waals surface area (Å²) in [5.41, 5.74) is 7.43. The van der Waals surface area contributed by atoms with Crippen molar-refractivity contribution < 1.29 is 9.53 Å². The molecule has 0 aliphatic carbocycles. The van der Waals surface area contributed by atoms with Gasteiger partial charge >= 0.3 is 0 Å². The summed E-state index contributed by atoms with van der Waals surface area (Å²) in [7, 11) is 0. The molecule has 4 heteroatoms. The minimum Gasteiger partial charge on any atom is -0.491 e. The van der Waals surface area contributed by atoms with E-state index < -0.39 is 6.04 Å². The lowest BCUT2D eigenvalue weighted by Crippen LogP contribution is -2.27. The number of anilines is 1. The molecule has 0 bridgehead atoms. The molecule has 1 atom stereocenters. The van der Waals surface area contributed by atoms with Gasteiger partial charge in [-0.2, -0.15) is 0 Å². The van der Waals surface area contributed by atoms with Crippen LogP contribution in [0.5, 0.6) is 5.75 Å². The fourth-order valence-electron chi connectivity index (χ4n) is 1.92. The molecule has 0 spiro atoms. The van der Waals surface area contributed by atoms with Gasteiger partial charge in [0.05, 0.1) is 6.10 Å². The van der Waals surface area contributed by atoms with Crippen molar-refractivity contribution in [2.45, 2.75) is 26.0 Å². The number of nitrogens with two attached hydrogens (primary N) is 1. The van der Waals surface area contributed by atoms with E-state index >= 15 is 0 Å². The summed E-state index contributed by atoms with van der Waals surface area (Å²) in [5, 5.41) is 2.80. The average molecular weight is 284 g/mol. The number of amides is 1. The van der Waals surface area contributed by atoms with Crippen LogP contribution in [0.3, 0.4) is 0 Å². The minimum atomic E-state index is -0.683. The zero-order valence-corrected chi connectivity index (χ0v) is 12.2. The van der Waals surface area contributed by atoms with E-state index in [0.717, 1.165) is 11.3 Å². The highest BCUT2D eigenvalue weighted by molar-refractivity contribution is 5.95. The maximum Gasteiger partial charge on any atom is 0.245 e. The van der Waals surface area contributed by atoms with E-state index in [1.165, 1.54) is 0 Å².